The van der Waals surface area contributed by atoms with Crippen LogP contribution in [0.25, 0.3) is 0 Å². The van der Waals surface area contributed by atoms with E-state index in [1.54, 1.807) is 0 Å². The molecular formula is C8H4F6. The molecule has 0 radical (unpaired) electrons. The molecule has 0 amide bonds. The summed E-state index contributed by atoms with van der Waals surface area (Å²) < 4.78 is 75.2. The second-order valence-electron chi connectivity index (χ2n) is 2.60. The average molecular weight is 214 g/mol. The van der Waals surface area contributed by atoms with Crippen molar-refractivity contribution in [2.24, 2.45) is 0 Å². The lowest BCUT2D eigenvalue weighted by Crippen LogP contribution is -2.07. The Balaban J connectivity index is 3.60. The van der Waals surface area contributed by atoms with Crippen LogP contribution in [0.3, 0.4) is 0 Å². The molecule has 1 aromatic carbocycles. The zero-order valence-corrected chi connectivity index (χ0v) is 6.85. The predicted molar refractivity (Wildman–Crippen MR) is 35.8 cm³/mol. The third kappa shape index (κ3) is 1.44. The van der Waals surface area contributed by atoms with Crippen LogP contribution in [-0.4, -0.2) is 0 Å². The van der Waals surface area contributed by atoms with Crippen molar-refractivity contribution in [3.63, 3.8) is 0 Å². The number of benzene rings is 1. The Bertz CT molecular complexity index is 342. The molecule has 1 atom stereocenters. The Kier molecular flexibility index (Phi) is 2.73. The fraction of sp³-hybridized carbons (Fsp3) is 0.250. The van der Waals surface area contributed by atoms with E-state index in [4.69, 9.17) is 0 Å². The SMILES string of the molecule is CC(F)c1c(F)c(F)c(F)c(F)c1F. The molecule has 14 heavy (non-hydrogen) atoms. The van der Waals surface area contributed by atoms with Gasteiger partial charge in [-0.3, -0.25) is 0 Å². The molecule has 0 N–H and O–H groups in total. The van der Waals surface area contributed by atoms with Crippen LogP contribution in [-0.2, 0) is 0 Å². The van der Waals surface area contributed by atoms with E-state index in [9.17, 15) is 26.3 Å². The van der Waals surface area contributed by atoms with Crippen molar-refractivity contribution in [1.29, 1.82) is 0 Å². The standard InChI is InChI=1S/C8H4F6/c1-2(9)3-4(10)6(12)8(14)7(13)5(3)11/h2H,1H3. The molecule has 0 saturated heterocycles. The molecule has 1 unspecified atom stereocenters. The van der Waals surface area contributed by atoms with Gasteiger partial charge in [-0.2, -0.15) is 0 Å². The lowest BCUT2D eigenvalue weighted by atomic mass is 10.1. The van der Waals surface area contributed by atoms with Gasteiger partial charge in [0.15, 0.2) is 23.3 Å². The minimum Gasteiger partial charge on any atom is -0.242 e. The van der Waals surface area contributed by atoms with E-state index in [1.807, 2.05) is 0 Å². The summed E-state index contributed by atoms with van der Waals surface area (Å²) in [6.07, 6.45) is -2.26. The zero-order valence-electron chi connectivity index (χ0n) is 6.85. The molecule has 0 heterocycles. The van der Waals surface area contributed by atoms with Crippen LogP contribution in [0.4, 0.5) is 26.3 Å². The summed E-state index contributed by atoms with van der Waals surface area (Å²) in [5.74, 6) is -10.8. The van der Waals surface area contributed by atoms with E-state index >= 15 is 0 Å². The predicted octanol–water partition coefficient (Wildman–Crippen LogP) is 3.41. The van der Waals surface area contributed by atoms with Gasteiger partial charge >= 0.3 is 0 Å². The molecule has 0 saturated carbocycles. The van der Waals surface area contributed by atoms with Gasteiger partial charge in [-0.15, -0.1) is 0 Å². The van der Waals surface area contributed by atoms with Gasteiger partial charge in [-0.25, -0.2) is 26.3 Å². The summed E-state index contributed by atoms with van der Waals surface area (Å²) in [4.78, 5) is 0. The van der Waals surface area contributed by atoms with Gasteiger partial charge in [0.2, 0.25) is 5.82 Å². The van der Waals surface area contributed by atoms with Crippen molar-refractivity contribution >= 4 is 0 Å². The summed E-state index contributed by atoms with van der Waals surface area (Å²) in [7, 11) is 0. The maximum Gasteiger partial charge on any atom is 0.200 e. The molecule has 0 aromatic heterocycles. The Labute approximate surface area is 75.2 Å². The van der Waals surface area contributed by atoms with E-state index in [2.05, 4.69) is 0 Å². The van der Waals surface area contributed by atoms with E-state index < -0.39 is 40.8 Å². The Morgan fingerprint density at radius 3 is 1.29 bits per heavy atom. The van der Waals surface area contributed by atoms with E-state index in [0.29, 0.717) is 6.92 Å². The first-order valence-electron chi connectivity index (χ1n) is 3.53. The molecule has 0 nitrogen and oxygen atoms in total. The molecular weight excluding hydrogens is 210 g/mol. The number of alkyl halides is 1. The Hall–Kier alpha value is -1.20. The normalized spacial score (nSPS) is 13.1. The van der Waals surface area contributed by atoms with E-state index in [1.165, 1.54) is 0 Å². The molecule has 0 aliphatic carbocycles. The highest BCUT2D eigenvalue weighted by atomic mass is 19.2. The monoisotopic (exact) mass is 214 g/mol. The molecule has 1 rings (SSSR count). The fourth-order valence-electron chi connectivity index (χ4n) is 0.971. The summed E-state index contributed by atoms with van der Waals surface area (Å²) in [5, 5.41) is 0. The molecule has 0 aliphatic rings. The van der Waals surface area contributed by atoms with Crippen LogP contribution >= 0.6 is 0 Å². The largest absolute Gasteiger partial charge is 0.242 e. The summed E-state index contributed by atoms with van der Waals surface area (Å²) in [6, 6.07) is 0. The van der Waals surface area contributed by atoms with Gasteiger partial charge < -0.3 is 0 Å². The highest BCUT2D eigenvalue weighted by Gasteiger charge is 2.28. The van der Waals surface area contributed by atoms with Crippen LogP contribution in [0.5, 0.6) is 0 Å². The second-order valence-corrected chi connectivity index (χ2v) is 2.60. The average Bonchev–Trinajstić information content (AvgIpc) is 2.11. The van der Waals surface area contributed by atoms with Crippen molar-refractivity contribution in [3.05, 3.63) is 34.6 Å². The smallest absolute Gasteiger partial charge is 0.200 e. The van der Waals surface area contributed by atoms with Crippen molar-refractivity contribution in [3.8, 4) is 0 Å². The zero-order chi connectivity index (χ0) is 11.0. The van der Waals surface area contributed by atoms with Gasteiger partial charge in [-0.1, -0.05) is 0 Å². The lowest BCUT2D eigenvalue weighted by molar-refractivity contribution is 0.313. The summed E-state index contributed by atoms with van der Waals surface area (Å²) >= 11 is 0. The molecule has 0 fully saturated rings. The number of hydrogen-bond acceptors (Lipinski definition) is 0. The van der Waals surface area contributed by atoms with Crippen molar-refractivity contribution in [2.45, 2.75) is 13.1 Å². The fourth-order valence-corrected chi connectivity index (χ4v) is 0.971. The first-order chi connectivity index (χ1) is 6.37. The lowest BCUT2D eigenvalue weighted by Gasteiger charge is -2.08. The molecule has 0 bridgehead atoms. The molecule has 78 valence electrons. The topological polar surface area (TPSA) is 0 Å². The van der Waals surface area contributed by atoms with E-state index in [0.717, 1.165) is 0 Å². The van der Waals surface area contributed by atoms with Crippen LogP contribution in [0.1, 0.15) is 18.7 Å². The maximum atomic E-state index is 12.7. The van der Waals surface area contributed by atoms with Crippen molar-refractivity contribution < 1.29 is 26.3 Å². The molecule has 6 heteroatoms. The number of halogens is 6. The van der Waals surface area contributed by atoms with Gasteiger partial charge in [0.05, 0.1) is 5.56 Å². The third-order valence-electron chi connectivity index (χ3n) is 1.64. The summed E-state index contributed by atoms with van der Waals surface area (Å²) in [5.41, 5.74) is -1.44. The number of rotatable bonds is 1. The van der Waals surface area contributed by atoms with Gasteiger partial charge in [0.25, 0.3) is 0 Å². The van der Waals surface area contributed by atoms with Crippen molar-refractivity contribution in [1.82, 2.24) is 0 Å². The third-order valence-corrected chi connectivity index (χ3v) is 1.64. The minimum atomic E-state index is -2.29. The van der Waals surface area contributed by atoms with Crippen molar-refractivity contribution in [2.75, 3.05) is 0 Å². The molecule has 0 spiro atoms. The maximum absolute atomic E-state index is 12.7. The Morgan fingerprint density at radius 1 is 0.714 bits per heavy atom. The van der Waals surface area contributed by atoms with Crippen LogP contribution in [0.2, 0.25) is 0 Å². The van der Waals surface area contributed by atoms with Crippen LogP contribution in [0, 0.1) is 29.1 Å². The second kappa shape index (κ2) is 3.51. The van der Waals surface area contributed by atoms with Crippen LogP contribution in [0.15, 0.2) is 0 Å². The quantitative estimate of drug-likeness (QED) is 0.381. The highest BCUT2D eigenvalue weighted by molar-refractivity contribution is 5.25. The highest BCUT2D eigenvalue weighted by Crippen LogP contribution is 2.29. The van der Waals surface area contributed by atoms with E-state index in [-0.39, 0.29) is 0 Å². The minimum absolute atomic E-state index is 0.679. The van der Waals surface area contributed by atoms with Gasteiger partial charge in [-0.05, 0) is 6.92 Å². The van der Waals surface area contributed by atoms with Gasteiger partial charge in [0.1, 0.15) is 6.17 Å². The first-order valence-corrected chi connectivity index (χ1v) is 3.53. The van der Waals surface area contributed by atoms with Crippen LogP contribution < -0.4 is 0 Å². The number of hydrogen-bond donors (Lipinski definition) is 0. The summed E-state index contributed by atoms with van der Waals surface area (Å²) in [6.45, 7) is 0.679. The van der Waals surface area contributed by atoms with Gasteiger partial charge in [0, 0.05) is 0 Å². The Morgan fingerprint density at radius 2 is 1.00 bits per heavy atom. The first kappa shape index (κ1) is 10.9. The molecule has 0 aliphatic heterocycles. The molecule has 1 aromatic rings.